The Kier molecular flexibility index (Phi) is 6.72. The topological polar surface area (TPSA) is 89.3 Å². The van der Waals surface area contributed by atoms with E-state index in [2.05, 4.69) is 27.5 Å². The molecule has 4 aromatic rings. The monoisotopic (exact) mass is 446 g/mol. The number of hydrogen-bond acceptors (Lipinski definition) is 6. The van der Waals surface area contributed by atoms with E-state index < -0.39 is 0 Å². The van der Waals surface area contributed by atoms with E-state index in [-0.39, 0.29) is 11.0 Å². The number of rotatable bonds is 7. The van der Waals surface area contributed by atoms with Crippen molar-refractivity contribution in [2.24, 2.45) is 0 Å². The first-order chi connectivity index (χ1) is 15.6. The number of carbonyl (C=O) groups excluding carboxylic acids is 1. The van der Waals surface area contributed by atoms with Crippen molar-refractivity contribution in [3.63, 3.8) is 0 Å². The van der Waals surface area contributed by atoms with E-state index in [9.17, 15) is 4.79 Å². The lowest BCUT2D eigenvalue weighted by Gasteiger charge is -2.11. The predicted molar refractivity (Wildman–Crippen MR) is 128 cm³/mol. The number of fused-ring (bicyclic) bond motifs is 1. The molecule has 0 spiro atoms. The third-order valence-electron chi connectivity index (χ3n) is 4.64. The van der Waals surface area contributed by atoms with Crippen molar-refractivity contribution in [2.75, 3.05) is 11.9 Å². The second-order valence-electron chi connectivity index (χ2n) is 7.06. The average Bonchev–Trinajstić information content (AvgIpc) is 3.24. The smallest absolute Gasteiger partial charge is 0.257 e. The Morgan fingerprint density at radius 2 is 1.97 bits per heavy atom. The van der Waals surface area contributed by atoms with Gasteiger partial charge in [0, 0.05) is 23.0 Å². The van der Waals surface area contributed by atoms with Crippen LogP contribution in [0.5, 0.6) is 5.75 Å². The van der Waals surface area contributed by atoms with Gasteiger partial charge in [0.15, 0.2) is 16.3 Å². The highest BCUT2D eigenvalue weighted by Gasteiger charge is 2.11. The summed E-state index contributed by atoms with van der Waals surface area (Å²) in [4.78, 5) is 21.1. The van der Waals surface area contributed by atoms with Crippen LogP contribution in [0.2, 0.25) is 0 Å². The Labute approximate surface area is 190 Å². The number of pyridine rings is 1. The summed E-state index contributed by atoms with van der Waals surface area (Å²) in [6.45, 7) is 2.77. The molecule has 0 fully saturated rings. The zero-order valence-electron chi connectivity index (χ0n) is 17.5. The van der Waals surface area contributed by atoms with Crippen LogP contribution in [0.25, 0.3) is 22.7 Å². The number of aromatic nitrogens is 2. The van der Waals surface area contributed by atoms with Gasteiger partial charge in [-0.25, -0.2) is 4.98 Å². The number of hydrogen-bond donors (Lipinski definition) is 2. The number of nitrogens with zero attached hydrogens (tertiary/aromatic N) is 2. The standard InChI is InChI=1S/C24H22N4O3S/c1-2-3-14-30-19-11-9-16(10-12-19)22(29)28-24(32)26-18-7-4-6-17(15-18)23-27-21-20(31-23)8-5-13-25-21/h4-13,15H,2-3,14H2,1H3,(H2,26,28,29,32). The molecular formula is C24H22N4O3S. The molecule has 2 aromatic carbocycles. The zero-order chi connectivity index (χ0) is 22.3. The number of carbonyl (C=O) groups is 1. The average molecular weight is 447 g/mol. The second kappa shape index (κ2) is 10.0. The third-order valence-corrected chi connectivity index (χ3v) is 4.85. The van der Waals surface area contributed by atoms with Gasteiger partial charge in [-0.15, -0.1) is 0 Å². The van der Waals surface area contributed by atoms with Crippen molar-refractivity contribution in [1.29, 1.82) is 0 Å². The maximum Gasteiger partial charge on any atom is 0.257 e. The lowest BCUT2D eigenvalue weighted by molar-refractivity contribution is 0.0977. The molecule has 2 N–H and O–H groups in total. The Morgan fingerprint density at radius 1 is 1.12 bits per heavy atom. The molecule has 0 aliphatic heterocycles. The first-order valence-electron chi connectivity index (χ1n) is 10.3. The molecule has 0 atom stereocenters. The molecule has 1 amide bonds. The molecule has 2 aromatic heterocycles. The van der Waals surface area contributed by atoms with Crippen molar-refractivity contribution in [2.45, 2.75) is 19.8 Å². The number of benzene rings is 2. The molecule has 0 saturated carbocycles. The molecule has 32 heavy (non-hydrogen) atoms. The zero-order valence-corrected chi connectivity index (χ0v) is 18.3. The van der Waals surface area contributed by atoms with Gasteiger partial charge in [-0.2, -0.15) is 4.98 Å². The third kappa shape index (κ3) is 5.28. The van der Waals surface area contributed by atoms with Gasteiger partial charge in [0.05, 0.1) is 6.61 Å². The van der Waals surface area contributed by atoms with Crippen LogP contribution in [-0.4, -0.2) is 27.6 Å². The summed E-state index contributed by atoms with van der Waals surface area (Å²) in [6, 6.07) is 18.0. The number of oxazole rings is 1. The van der Waals surface area contributed by atoms with Crippen LogP contribution in [-0.2, 0) is 0 Å². The highest BCUT2D eigenvalue weighted by atomic mass is 32.1. The molecule has 0 unspecified atom stereocenters. The molecule has 8 heteroatoms. The summed E-state index contributed by atoms with van der Waals surface area (Å²) in [5.74, 6) is 0.893. The Hall–Kier alpha value is -3.78. The number of nitrogens with one attached hydrogen (secondary N) is 2. The van der Waals surface area contributed by atoms with E-state index in [4.69, 9.17) is 21.4 Å². The molecule has 0 aliphatic rings. The van der Waals surface area contributed by atoms with Gasteiger partial charge in [0.25, 0.3) is 5.91 Å². The van der Waals surface area contributed by atoms with Gasteiger partial charge in [-0.3, -0.25) is 10.1 Å². The van der Waals surface area contributed by atoms with Gasteiger partial charge >= 0.3 is 0 Å². The molecule has 0 bridgehead atoms. The Balaban J connectivity index is 1.37. The van der Waals surface area contributed by atoms with Crippen molar-refractivity contribution in [3.8, 4) is 17.2 Å². The van der Waals surface area contributed by atoms with Crippen LogP contribution >= 0.6 is 12.2 Å². The summed E-state index contributed by atoms with van der Waals surface area (Å²) >= 11 is 5.30. The quantitative estimate of drug-likeness (QED) is 0.298. The SMILES string of the molecule is CCCCOc1ccc(C(=O)NC(=S)Nc2cccc(-c3nc4ncccc4o3)c2)cc1. The molecule has 4 rings (SSSR count). The summed E-state index contributed by atoms with van der Waals surface area (Å²) in [7, 11) is 0. The van der Waals surface area contributed by atoms with E-state index in [1.807, 2.05) is 30.3 Å². The number of amides is 1. The number of anilines is 1. The number of ether oxygens (including phenoxy) is 1. The molecule has 0 aliphatic carbocycles. The molecule has 0 radical (unpaired) electrons. The fourth-order valence-electron chi connectivity index (χ4n) is 3.00. The summed E-state index contributed by atoms with van der Waals surface area (Å²) in [6.07, 6.45) is 3.73. The first kappa shape index (κ1) is 21.5. The van der Waals surface area contributed by atoms with Gasteiger partial charge in [-0.05, 0) is 73.2 Å². The minimum Gasteiger partial charge on any atom is -0.494 e. The first-order valence-corrected chi connectivity index (χ1v) is 10.7. The summed E-state index contributed by atoms with van der Waals surface area (Å²) in [5, 5.41) is 5.90. The number of thiocarbonyl (C=S) groups is 1. The summed E-state index contributed by atoms with van der Waals surface area (Å²) < 4.78 is 11.4. The van der Waals surface area contributed by atoms with Crippen LogP contribution in [0.3, 0.4) is 0 Å². The lowest BCUT2D eigenvalue weighted by atomic mass is 10.2. The highest BCUT2D eigenvalue weighted by Crippen LogP contribution is 2.25. The predicted octanol–water partition coefficient (Wildman–Crippen LogP) is 5.20. The van der Waals surface area contributed by atoms with Gasteiger partial charge in [-0.1, -0.05) is 19.4 Å². The van der Waals surface area contributed by atoms with E-state index >= 15 is 0 Å². The van der Waals surface area contributed by atoms with Crippen LogP contribution in [0, 0.1) is 0 Å². The normalized spacial score (nSPS) is 10.7. The minimum atomic E-state index is -0.302. The maximum absolute atomic E-state index is 12.5. The van der Waals surface area contributed by atoms with Gasteiger partial charge in [0.1, 0.15) is 5.75 Å². The van der Waals surface area contributed by atoms with Gasteiger partial charge in [0.2, 0.25) is 5.89 Å². The van der Waals surface area contributed by atoms with Crippen molar-refractivity contribution < 1.29 is 13.9 Å². The fourth-order valence-corrected chi connectivity index (χ4v) is 3.21. The van der Waals surface area contributed by atoms with Gasteiger partial charge < -0.3 is 14.5 Å². The number of unbranched alkanes of at least 4 members (excludes halogenated alkanes) is 1. The molecule has 2 heterocycles. The molecular weight excluding hydrogens is 424 g/mol. The van der Waals surface area contributed by atoms with Crippen molar-refractivity contribution in [1.82, 2.24) is 15.3 Å². The fraction of sp³-hybridized carbons (Fsp3) is 0.167. The van der Waals surface area contributed by atoms with Crippen LogP contribution in [0.4, 0.5) is 5.69 Å². The Bertz CT molecular complexity index is 1200. The van der Waals surface area contributed by atoms with E-state index in [1.54, 1.807) is 36.5 Å². The maximum atomic E-state index is 12.5. The van der Waals surface area contributed by atoms with Crippen molar-refractivity contribution in [3.05, 3.63) is 72.4 Å². The lowest BCUT2D eigenvalue weighted by Crippen LogP contribution is -2.34. The van der Waals surface area contributed by atoms with Crippen molar-refractivity contribution >= 4 is 40.2 Å². The summed E-state index contributed by atoms with van der Waals surface area (Å²) in [5.41, 5.74) is 3.11. The van der Waals surface area contributed by atoms with Crippen LogP contribution in [0.1, 0.15) is 30.1 Å². The van der Waals surface area contributed by atoms with Crippen LogP contribution in [0.15, 0.2) is 71.3 Å². The largest absolute Gasteiger partial charge is 0.494 e. The highest BCUT2D eigenvalue weighted by molar-refractivity contribution is 7.80. The van der Waals surface area contributed by atoms with Crippen LogP contribution < -0.4 is 15.4 Å². The van der Waals surface area contributed by atoms with E-state index in [1.165, 1.54) is 0 Å². The minimum absolute atomic E-state index is 0.189. The molecule has 0 saturated heterocycles. The van der Waals surface area contributed by atoms with E-state index in [0.717, 1.165) is 24.2 Å². The molecule has 7 nitrogen and oxygen atoms in total. The van der Waals surface area contributed by atoms with E-state index in [0.29, 0.717) is 35.0 Å². The molecule has 162 valence electrons. The second-order valence-corrected chi connectivity index (χ2v) is 7.47. The Morgan fingerprint density at radius 3 is 2.75 bits per heavy atom.